The van der Waals surface area contributed by atoms with E-state index in [-0.39, 0.29) is 12.5 Å². The Bertz CT molecular complexity index is 459. The van der Waals surface area contributed by atoms with Gasteiger partial charge >= 0.3 is 0 Å². The van der Waals surface area contributed by atoms with Crippen LogP contribution < -0.4 is 9.64 Å². The highest BCUT2D eigenvalue weighted by molar-refractivity contribution is 5.99. The molecule has 0 radical (unpaired) electrons. The Hall–Kier alpha value is -1.55. The largest absolute Gasteiger partial charge is 0.479 e. The third-order valence-electron chi connectivity index (χ3n) is 3.40. The normalized spacial score (nSPS) is 18.2. The number of hydrogen-bond acceptors (Lipinski definition) is 3. The fourth-order valence-corrected chi connectivity index (χ4v) is 2.30. The molecule has 0 aromatic heterocycles. The summed E-state index contributed by atoms with van der Waals surface area (Å²) in [5, 5.41) is 9.16. The van der Waals surface area contributed by atoms with Crippen molar-refractivity contribution in [2.75, 3.05) is 11.4 Å². The first-order valence-electron chi connectivity index (χ1n) is 6.89. The molecule has 1 heterocycles. The summed E-state index contributed by atoms with van der Waals surface area (Å²) in [7, 11) is 0. The Morgan fingerprint density at radius 2 is 2.16 bits per heavy atom. The van der Waals surface area contributed by atoms with Gasteiger partial charge in [0.25, 0.3) is 5.91 Å². The summed E-state index contributed by atoms with van der Waals surface area (Å²) in [4.78, 5) is 14.0. The van der Waals surface area contributed by atoms with E-state index in [1.165, 1.54) is 0 Å². The molecule has 1 amide bonds. The highest BCUT2D eigenvalue weighted by atomic mass is 16.5. The van der Waals surface area contributed by atoms with Crippen LogP contribution in [0, 0.1) is 0 Å². The van der Waals surface area contributed by atoms with Crippen LogP contribution in [0.3, 0.4) is 0 Å². The number of aliphatic hydroxyl groups excluding tert-OH is 1. The monoisotopic (exact) mass is 263 g/mol. The maximum atomic E-state index is 12.2. The number of unbranched alkanes of at least 4 members (excludes halogenated alkanes) is 2. The van der Waals surface area contributed by atoms with Crippen molar-refractivity contribution in [2.45, 2.75) is 45.8 Å². The first-order valence-corrected chi connectivity index (χ1v) is 6.89. The van der Waals surface area contributed by atoms with Gasteiger partial charge in [-0.05, 0) is 31.0 Å². The van der Waals surface area contributed by atoms with Crippen molar-refractivity contribution in [3.8, 4) is 5.75 Å². The van der Waals surface area contributed by atoms with E-state index < -0.39 is 6.10 Å². The number of carbonyl (C=O) groups is 1. The van der Waals surface area contributed by atoms with Gasteiger partial charge in [0.1, 0.15) is 5.75 Å². The summed E-state index contributed by atoms with van der Waals surface area (Å²) < 4.78 is 5.62. The third-order valence-corrected chi connectivity index (χ3v) is 3.40. The third kappa shape index (κ3) is 2.89. The van der Waals surface area contributed by atoms with Gasteiger partial charge in [-0.1, -0.05) is 25.8 Å². The number of fused-ring (bicyclic) bond motifs is 1. The predicted molar refractivity (Wildman–Crippen MR) is 74.3 cm³/mol. The van der Waals surface area contributed by atoms with E-state index in [0.717, 1.165) is 37.1 Å². The second-order valence-electron chi connectivity index (χ2n) is 4.92. The number of anilines is 1. The molecule has 0 saturated carbocycles. The molecule has 4 nitrogen and oxygen atoms in total. The highest BCUT2D eigenvalue weighted by Crippen LogP contribution is 2.35. The van der Waals surface area contributed by atoms with Crippen molar-refractivity contribution in [1.29, 1.82) is 0 Å². The summed E-state index contributed by atoms with van der Waals surface area (Å²) in [6.07, 6.45) is 2.78. The number of amides is 1. The molecule has 1 unspecified atom stereocenters. The Kier molecular flexibility index (Phi) is 4.43. The fraction of sp³-hybridized carbons (Fsp3) is 0.533. The average Bonchev–Trinajstić information content (AvgIpc) is 2.42. The van der Waals surface area contributed by atoms with Crippen molar-refractivity contribution in [3.05, 3.63) is 23.8 Å². The van der Waals surface area contributed by atoms with Crippen LogP contribution >= 0.6 is 0 Å². The van der Waals surface area contributed by atoms with Crippen LogP contribution in [0.15, 0.2) is 18.2 Å². The summed E-state index contributed by atoms with van der Waals surface area (Å²) in [6, 6.07) is 5.50. The molecule has 1 aromatic carbocycles. The molecular formula is C15H21NO3. The minimum absolute atomic E-state index is 0.0142. The minimum atomic E-state index is -0.455. The highest BCUT2D eigenvalue weighted by Gasteiger charge is 2.30. The predicted octanol–water partition coefficient (Wildman–Crippen LogP) is 2.48. The van der Waals surface area contributed by atoms with Gasteiger partial charge in [0.15, 0.2) is 6.10 Å². The molecule has 1 aliphatic rings. The lowest BCUT2D eigenvalue weighted by molar-refractivity contribution is -0.125. The second kappa shape index (κ2) is 6.06. The zero-order chi connectivity index (χ0) is 13.8. The van der Waals surface area contributed by atoms with Crippen LogP contribution in [0.2, 0.25) is 0 Å². The molecule has 0 aliphatic carbocycles. The lowest BCUT2D eigenvalue weighted by Gasteiger charge is -2.33. The van der Waals surface area contributed by atoms with Gasteiger partial charge in [-0.15, -0.1) is 0 Å². The van der Waals surface area contributed by atoms with E-state index in [0.29, 0.717) is 5.75 Å². The summed E-state index contributed by atoms with van der Waals surface area (Å²) in [6.45, 7) is 4.62. The molecule has 4 heteroatoms. The maximum absolute atomic E-state index is 12.2. The maximum Gasteiger partial charge on any atom is 0.267 e. The standard InChI is InChI=1S/C15H21NO3/c1-3-4-5-8-16-13-7-6-12(10-17)9-14(13)19-11(2)15(16)18/h6-7,9,11,17H,3-5,8,10H2,1-2H3. The van der Waals surface area contributed by atoms with E-state index in [1.807, 2.05) is 18.2 Å². The molecular weight excluding hydrogens is 242 g/mol. The lowest BCUT2D eigenvalue weighted by Crippen LogP contribution is -2.44. The minimum Gasteiger partial charge on any atom is -0.479 e. The van der Waals surface area contributed by atoms with Crippen LogP contribution in [0.1, 0.15) is 38.7 Å². The van der Waals surface area contributed by atoms with Gasteiger partial charge in [0.2, 0.25) is 0 Å². The number of rotatable bonds is 5. The molecule has 1 atom stereocenters. The van der Waals surface area contributed by atoms with Gasteiger partial charge in [-0.2, -0.15) is 0 Å². The quantitative estimate of drug-likeness (QED) is 0.830. The lowest BCUT2D eigenvalue weighted by atomic mass is 10.1. The van der Waals surface area contributed by atoms with Gasteiger partial charge < -0.3 is 14.7 Å². The topological polar surface area (TPSA) is 49.8 Å². The molecule has 2 rings (SSSR count). The Morgan fingerprint density at radius 3 is 2.84 bits per heavy atom. The van der Waals surface area contributed by atoms with Crippen LogP contribution in [0.5, 0.6) is 5.75 Å². The van der Waals surface area contributed by atoms with Crippen LogP contribution in [0.4, 0.5) is 5.69 Å². The van der Waals surface area contributed by atoms with E-state index in [9.17, 15) is 4.79 Å². The Labute approximate surface area is 114 Å². The Balaban J connectivity index is 2.25. The van der Waals surface area contributed by atoms with E-state index in [2.05, 4.69) is 6.92 Å². The fourth-order valence-electron chi connectivity index (χ4n) is 2.30. The van der Waals surface area contributed by atoms with Crippen LogP contribution in [-0.4, -0.2) is 23.7 Å². The smallest absolute Gasteiger partial charge is 0.267 e. The molecule has 0 spiro atoms. The van der Waals surface area contributed by atoms with Crippen LogP contribution in [0.25, 0.3) is 0 Å². The van der Waals surface area contributed by atoms with E-state index >= 15 is 0 Å². The van der Waals surface area contributed by atoms with Crippen molar-refractivity contribution in [3.63, 3.8) is 0 Å². The average molecular weight is 263 g/mol. The summed E-state index contributed by atoms with van der Waals surface area (Å²) in [5.74, 6) is 0.704. The van der Waals surface area contributed by atoms with Gasteiger partial charge in [-0.25, -0.2) is 0 Å². The van der Waals surface area contributed by atoms with Gasteiger partial charge in [0.05, 0.1) is 12.3 Å². The Morgan fingerprint density at radius 1 is 1.37 bits per heavy atom. The molecule has 104 valence electrons. The summed E-state index contributed by atoms with van der Waals surface area (Å²) >= 11 is 0. The molecule has 1 aromatic rings. The van der Waals surface area contributed by atoms with Crippen molar-refractivity contribution in [1.82, 2.24) is 0 Å². The molecule has 0 bridgehead atoms. The van der Waals surface area contributed by atoms with Crippen LogP contribution in [-0.2, 0) is 11.4 Å². The number of nitrogens with zero attached hydrogens (tertiary/aromatic N) is 1. The van der Waals surface area contributed by atoms with E-state index in [4.69, 9.17) is 9.84 Å². The zero-order valence-corrected chi connectivity index (χ0v) is 11.6. The molecule has 1 aliphatic heterocycles. The summed E-state index contributed by atoms with van der Waals surface area (Å²) in [5.41, 5.74) is 1.62. The SMILES string of the molecule is CCCCCN1C(=O)C(C)Oc2cc(CO)ccc21. The number of carbonyl (C=O) groups excluding carboxylic acids is 1. The first kappa shape index (κ1) is 13.9. The number of hydrogen-bond donors (Lipinski definition) is 1. The van der Waals surface area contributed by atoms with Crippen molar-refractivity contribution < 1.29 is 14.6 Å². The van der Waals surface area contributed by atoms with Gasteiger partial charge in [0, 0.05) is 6.54 Å². The van der Waals surface area contributed by atoms with Gasteiger partial charge in [-0.3, -0.25) is 4.79 Å². The van der Waals surface area contributed by atoms with Crippen molar-refractivity contribution >= 4 is 11.6 Å². The number of ether oxygens (including phenoxy) is 1. The molecule has 0 saturated heterocycles. The van der Waals surface area contributed by atoms with E-state index in [1.54, 1.807) is 11.8 Å². The molecule has 0 fully saturated rings. The zero-order valence-electron chi connectivity index (χ0n) is 11.6. The first-order chi connectivity index (χ1) is 9.17. The molecule has 1 N–H and O–H groups in total. The second-order valence-corrected chi connectivity index (χ2v) is 4.92. The molecule has 19 heavy (non-hydrogen) atoms. The van der Waals surface area contributed by atoms with Crippen molar-refractivity contribution in [2.24, 2.45) is 0 Å². The number of benzene rings is 1. The number of aliphatic hydroxyl groups is 1.